The first-order valence-electron chi connectivity index (χ1n) is 3.99. The first-order chi connectivity index (χ1) is 5.92. The number of hydrogen-bond acceptors (Lipinski definition) is 1. The Balaban J connectivity index is 2.79. The van der Waals surface area contributed by atoms with Crippen molar-refractivity contribution in [1.82, 2.24) is 0 Å². The molecule has 1 N–H and O–H groups in total. The SMILES string of the molecule is OBc1cccc2ccccc12. The van der Waals surface area contributed by atoms with Crippen LogP contribution >= 0.6 is 0 Å². The molecule has 1 nitrogen and oxygen atoms in total. The van der Waals surface area contributed by atoms with Gasteiger partial charge in [-0.2, -0.15) is 0 Å². The second kappa shape index (κ2) is 2.99. The maximum Gasteiger partial charge on any atom is 0.305 e. The Kier molecular flexibility index (Phi) is 1.84. The van der Waals surface area contributed by atoms with Gasteiger partial charge in [-0.25, -0.2) is 0 Å². The van der Waals surface area contributed by atoms with Crippen LogP contribution in [0.1, 0.15) is 0 Å². The summed E-state index contributed by atoms with van der Waals surface area (Å²) in [6.45, 7) is 0. The summed E-state index contributed by atoms with van der Waals surface area (Å²) >= 11 is 0. The standard InChI is InChI=1S/C10H9BO/c12-11-10-7-3-5-8-4-1-2-6-9(8)10/h1-7,11-12H. The van der Waals surface area contributed by atoms with Crippen LogP contribution in [0.3, 0.4) is 0 Å². The summed E-state index contributed by atoms with van der Waals surface area (Å²) in [6.07, 6.45) is 0. The third-order valence-corrected chi connectivity index (χ3v) is 2.05. The molecular weight excluding hydrogens is 147 g/mol. The fourth-order valence-electron chi connectivity index (χ4n) is 1.43. The molecule has 0 saturated heterocycles. The quantitative estimate of drug-likeness (QED) is 0.605. The van der Waals surface area contributed by atoms with E-state index in [1.54, 1.807) is 0 Å². The molecule has 2 aromatic rings. The Morgan fingerprint density at radius 1 is 0.917 bits per heavy atom. The summed E-state index contributed by atoms with van der Waals surface area (Å²) in [6, 6.07) is 14.0. The summed E-state index contributed by atoms with van der Waals surface area (Å²) in [5.41, 5.74) is 0.994. The van der Waals surface area contributed by atoms with Gasteiger partial charge in [0.15, 0.2) is 0 Å². The first-order valence-corrected chi connectivity index (χ1v) is 3.99. The summed E-state index contributed by atoms with van der Waals surface area (Å²) < 4.78 is 0. The predicted octanol–water partition coefficient (Wildman–Crippen LogP) is 0.809. The molecule has 0 fully saturated rings. The lowest BCUT2D eigenvalue weighted by molar-refractivity contribution is 0.616. The van der Waals surface area contributed by atoms with Crippen molar-refractivity contribution in [3.8, 4) is 0 Å². The molecule has 2 heteroatoms. The lowest BCUT2D eigenvalue weighted by atomic mass is 9.84. The van der Waals surface area contributed by atoms with Crippen LogP contribution in [0, 0.1) is 0 Å². The largest absolute Gasteiger partial charge is 0.449 e. The van der Waals surface area contributed by atoms with Crippen molar-refractivity contribution < 1.29 is 5.02 Å². The van der Waals surface area contributed by atoms with Crippen LogP contribution < -0.4 is 5.46 Å². The summed E-state index contributed by atoms with van der Waals surface area (Å²) in [4.78, 5) is 0. The number of benzene rings is 2. The third kappa shape index (κ3) is 1.10. The van der Waals surface area contributed by atoms with Gasteiger partial charge in [-0.15, -0.1) is 0 Å². The molecule has 2 aromatic carbocycles. The summed E-state index contributed by atoms with van der Waals surface area (Å²) in [5.74, 6) is 0. The molecule has 0 aromatic heterocycles. The van der Waals surface area contributed by atoms with E-state index in [1.165, 1.54) is 5.39 Å². The molecule has 0 aliphatic rings. The number of fused-ring (bicyclic) bond motifs is 1. The number of rotatable bonds is 1. The Bertz CT molecular complexity index is 392. The monoisotopic (exact) mass is 156 g/mol. The Hall–Kier alpha value is -1.28. The number of hydrogen-bond donors (Lipinski definition) is 1. The second-order valence-electron chi connectivity index (χ2n) is 2.80. The fourth-order valence-corrected chi connectivity index (χ4v) is 1.43. The van der Waals surface area contributed by atoms with Gasteiger partial charge in [-0.1, -0.05) is 42.5 Å². The fraction of sp³-hybridized carbons (Fsp3) is 0. The van der Waals surface area contributed by atoms with Crippen molar-refractivity contribution >= 4 is 23.7 Å². The lowest BCUT2D eigenvalue weighted by Gasteiger charge is -2.00. The molecule has 0 spiro atoms. The second-order valence-corrected chi connectivity index (χ2v) is 2.80. The van der Waals surface area contributed by atoms with Crippen molar-refractivity contribution in [1.29, 1.82) is 0 Å². The molecule has 0 radical (unpaired) electrons. The van der Waals surface area contributed by atoms with E-state index in [0.717, 1.165) is 10.8 Å². The van der Waals surface area contributed by atoms with Gasteiger partial charge in [0.05, 0.1) is 0 Å². The average molecular weight is 156 g/mol. The van der Waals surface area contributed by atoms with E-state index in [1.807, 2.05) is 30.3 Å². The molecule has 58 valence electrons. The third-order valence-electron chi connectivity index (χ3n) is 2.05. The molecule has 12 heavy (non-hydrogen) atoms. The predicted molar refractivity (Wildman–Crippen MR) is 52.9 cm³/mol. The highest BCUT2D eigenvalue weighted by atomic mass is 16.2. The summed E-state index contributed by atoms with van der Waals surface area (Å²) in [7, 11) is 0.112. The van der Waals surface area contributed by atoms with Crippen LogP contribution in [-0.4, -0.2) is 12.5 Å². The summed E-state index contributed by atoms with van der Waals surface area (Å²) in [5, 5.41) is 11.4. The van der Waals surface area contributed by atoms with Gasteiger partial charge in [0, 0.05) is 0 Å². The van der Waals surface area contributed by atoms with E-state index in [4.69, 9.17) is 5.02 Å². The Labute approximate surface area is 71.9 Å². The van der Waals surface area contributed by atoms with Crippen LogP contribution in [0.25, 0.3) is 10.8 Å². The maximum atomic E-state index is 9.04. The molecule has 0 bridgehead atoms. The normalized spacial score (nSPS) is 10.1. The zero-order chi connectivity index (χ0) is 8.39. The van der Waals surface area contributed by atoms with Crippen LogP contribution in [0.5, 0.6) is 0 Å². The topological polar surface area (TPSA) is 20.2 Å². The minimum absolute atomic E-state index is 0.112. The highest BCUT2D eigenvalue weighted by molar-refractivity contribution is 6.50. The van der Waals surface area contributed by atoms with Gasteiger partial charge < -0.3 is 5.02 Å². The molecule has 0 atom stereocenters. The molecular formula is C10H9BO. The smallest absolute Gasteiger partial charge is 0.305 e. The minimum Gasteiger partial charge on any atom is -0.449 e. The van der Waals surface area contributed by atoms with E-state index in [2.05, 4.69) is 12.1 Å². The lowest BCUT2D eigenvalue weighted by Crippen LogP contribution is -2.13. The van der Waals surface area contributed by atoms with Crippen molar-refractivity contribution in [3.05, 3.63) is 42.5 Å². The molecule has 0 aliphatic carbocycles. The van der Waals surface area contributed by atoms with E-state index in [-0.39, 0.29) is 7.48 Å². The van der Waals surface area contributed by atoms with E-state index in [9.17, 15) is 0 Å². The van der Waals surface area contributed by atoms with Crippen molar-refractivity contribution in [2.45, 2.75) is 0 Å². The highest BCUT2D eigenvalue weighted by Crippen LogP contribution is 2.09. The first kappa shape index (κ1) is 7.38. The molecule has 0 amide bonds. The van der Waals surface area contributed by atoms with Crippen LogP contribution in [-0.2, 0) is 0 Å². The van der Waals surface area contributed by atoms with Gasteiger partial charge in [0.1, 0.15) is 0 Å². The molecule has 0 saturated carbocycles. The molecule has 0 unspecified atom stereocenters. The van der Waals surface area contributed by atoms with Gasteiger partial charge in [-0.3, -0.25) is 0 Å². The van der Waals surface area contributed by atoms with E-state index >= 15 is 0 Å². The van der Waals surface area contributed by atoms with Crippen LogP contribution in [0.15, 0.2) is 42.5 Å². The van der Waals surface area contributed by atoms with E-state index < -0.39 is 0 Å². The van der Waals surface area contributed by atoms with Crippen LogP contribution in [0.4, 0.5) is 0 Å². The Morgan fingerprint density at radius 2 is 1.67 bits per heavy atom. The van der Waals surface area contributed by atoms with Crippen molar-refractivity contribution in [3.63, 3.8) is 0 Å². The average Bonchev–Trinajstić information content (AvgIpc) is 2.17. The zero-order valence-electron chi connectivity index (χ0n) is 6.70. The van der Waals surface area contributed by atoms with Gasteiger partial charge in [-0.05, 0) is 16.2 Å². The zero-order valence-corrected chi connectivity index (χ0v) is 6.70. The van der Waals surface area contributed by atoms with Gasteiger partial charge >= 0.3 is 7.48 Å². The molecule has 0 heterocycles. The van der Waals surface area contributed by atoms with E-state index in [0.29, 0.717) is 0 Å². The Morgan fingerprint density at radius 3 is 2.50 bits per heavy atom. The van der Waals surface area contributed by atoms with Gasteiger partial charge in [0.2, 0.25) is 0 Å². The van der Waals surface area contributed by atoms with Crippen LogP contribution in [0.2, 0.25) is 0 Å². The molecule has 2 rings (SSSR count). The van der Waals surface area contributed by atoms with Crippen molar-refractivity contribution in [2.75, 3.05) is 0 Å². The molecule has 0 aliphatic heterocycles. The van der Waals surface area contributed by atoms with Gasteiger partial charge in [0.25, 0.3) is 0 Å². The highest BCUT2D eigenvalue weighted by Gasteiger charge is 1.98. The minimum atomic E-state index is 0.112. The van der Waals surface area contributed by atoms with Crippen molar-refractivity contribution in [2.24, 2.45) is 0 Å². The maximum absolute atomic E-state index is 9.04.